The van der Waals surface area contributed by atoms with Gasteiger partial charge in [-0.1, -0.05) is 13.0 Å². The van der Waals surface area contributed by atoms with Crippen LogP contribution in [0.2, 0.25) is 0 Å². The topological polar surface area (TPSA) is 164 Å². The molecule has 2 aromatic heterocycles. The highest BCUT2D eigenvalue weighted by Gasteiger charge is 2.64. The van der Waals surface area contributed by atoms with E-state index in [1.165, 1.54) is 23.7 Å². The molecule has 39 heavy (non-hydrogen) atoms. The van der Waals surface area contributed by atoms with Gasteiger partial charge in [0.15, 0.2) is 12.1 Å². The number of halogens is 1. The van der Waals surface area contributed by atoms with Gasteiger partial charge in [0.1, 0.15) is 34.5 Å². The molecular weight excluding hydrogens is 593 g/mol. The van der Waals surface area contributed by atoms with E-state index in [1.807, 2.05) is 13.0 Å². The predicted molar refractivity (Wildman–Crippen MR) is 144 cm³/mol. The molecule has 206 valence electrons. The maximum Gasteiger partial charge on any atom is 0.362 e. The summed E-state index contributed by atoms with van der Waals surface area (Å²) in [4.78, 5) is 63.5. The molecule has 2 amide bonds. The Morgan fingerprint density at radius 3 is 2.67 bits per heavy atom. The second-order valence-corrected chi connectivity index (χ2v) is 12.8. The van der Waals surface area contributed by atoms with Crippen molar-refractivity contribution in [1.29, 1.82) is 0 Å². The van der Waals surface area contributed by atoms with E-state index in [0.29, 0.717) is 27.7 Å². The van der Waals surface area contributed by atoms with Gasteiger partial charge in [-0.2, -0.15) is 5.10 Å². The van der Waals surface area contributed by atoms with Crippen LogP contribution in [-0.2, 0) is 20.7 Å². The van der Waals surface area contributed by atoms with E-state index < -0.39 is 20.0 Å². The summed E-state index contributed by atoms with van der Waals surface area (Å²) in [5, 5.41) is 7.69. The monoisotopic (exact) mass is 619 g/mol. The molecule has 1 aliphatic carbocycles. The van der Waals surface area contributed by atoms with Gasteiger partial charge in [0.2, 0.25) is 11.8 Å². The van der Waals surface area contributed by atoms with Crippen LogP contribution in [0.5, 0.6) is 5.75 Å². The van der Waals surface area contributed by atoms with Crippen molar-refractivity contribution in [2.75, 3.05) is 11.7 Å². The summed E-state index contributed by atoms with van der Waals surface area (Å²) in [5.41, 5.74) is 1.18. The number of nitrogens with one attached hydrogen (secondary N) is 1. The first kappa shape index (κ1) is 27.4. The van der Waals surface area contributed by atoms with Crippen LogP contribution >= 0.6 is 23.5 Å². The number of ketones is 1. The number of benzene rings is 1. The molecule has 14 heteroatoms. The summed E-state index contributed by atoms with van der Waals surface area (Å²) in [6.45, 7) is 5.01. The van der Waals surface area contributed by atoms with Crippen LogP contribution in [0.4, 0.5) is 5.82 Å². The van der Waals surface area contributed by atoms with E-state index in [2.05, 4.69) is 38.3 Å². The fourth-order valence-corrected chi connectivity index (χ4v) is 5.81. The second kappa shape index (κ2) is 9.81. The Balaban J connectivity index is 1.42. The number of Topliss-reactive ketones (excluding diaryl/α,β-unsaturated/α-hetero) is 1. The van der Waals surface area contributed by atoms with E-state index in [4.69, 9.17) is 14.5 Å². The lowest BCUT2D eigenvalue weighted by atomic mass is 10.0. The first-order chi connectivity index (χ1) is 18.3. The van der Waals surface area contributed by atoms with Gasteiger partial charge in [-0.3, -0.25) is 23.6 Å². The van der Waals surface area contributed by atoms with Gasteiger partial charge in [0.25, 0.3) is 0 Å². The number of aromatic nitrogens is 3. The van der Waals surface area contributed by atoms with Crippen LogP contribution in [0.25, 0.3) is 10.9 Å². The van der Waals surface area contributed by atoms with Crippen molar-refractivity contribution < 1.29 is 33.5 Å². The van der Waals surface area contributed by atoms with Crippen LogP contribution < -0.4 is 10.1 Å². The Bertz CT molecular complexity index is 1570. The number of carbonyl (C=O) groups is 3. The van der Waals surface area contributed by atoms with Gasteiger partial charge >= 0.3 is 7.60 Å². The second-order valence-electron chi connectivity index (χ2n) is 10.4. The van der Waals surface area contributed by atoms with Crippen molar-refractivity contribution in [3.8, 4) is 5.75 Å². The molecule has 3 heterocycles. The Kier molecular flexibility index (Phi) is 6.91. The van der Waals surface area contributed by atoms with Crippen LogP contribution in [0.1, 0.15) is 42.7 Å². The van der Waals surface area contributed by atoms with Gasteiger partial charge in [-0.05, 0) is 64.9 Å². The molecule has 3 aromatic rings. The first-order valence-corrected chi connectivity index (χ1v) is 14.8. The van der Waals surface area contributed by atoms with Gasteiger partial charge in [-0.25, -0.2) is 4.98 Å². The number of pyridine rings is 1. The molecule has 0 spiro atoms. The minimum Gasteiger partial charge on any atom is -0.481 e. The van der Waals surface area contributed by atoms with E-state index in [1.54, 1.807) is 17.0 Å². The number of anilines is 1. The van der Waals surface area contributed by atoms with Crippen molar-refractivity contribution >= 4 is 57.8 Å². The smallest absolute Gasteiger partial charge is 0.362 e. The van der Waals surface area contributed by atoms with E-state index in [0.717, 1.165) is 12.0 Å². The maximum atomic E-state index is 13.7. The summed E-state index contributed by atoms with van der Waals surface area (Å²) in [6, 6.07) is 7.34. The van der Waals surface area contributed by atoms with Crippen molar-refractivity contribution in [1.82, 2.24) is 19.7 Å². The van der Waals surface area contributed by atoms with Gasteiger partial charge in [-0.15, -0.1) is 0 Å². The number of fused-ring (bicyclic) bond motifs is 2. The number of aryl methyl sites for hydroxylation is 1. The molecule has 1 aromatic carbocycles. The number of rotatable bonds is 8. The lowest BCUT2D eigenvalue weighted by molar-refractivity contribution is -0.138. The molecule has 1 aliphatic heterocycles. The number of hydrogen-bond acceptors (Lipinski definition) is 7. The van der Waals surface area contributed by atoms with E-state index in [9.17, 15) is 18.9 Å². The standard InChI is InChI=1S/C25H27BrN5O7P/c1-13-4-7-20(26)27-23(13)28-24(34)18-9-25(3)10-19(25)31(18)21(33)11-30-17-8-15(38-12-39(35,36)37)5-6-16(17)22(29-30)14(2)32/h4-8,18-19H,9-12H2,1-3H3,(H,27,28,34)(H2,35,36,37)/t18-,19+,25-/m0/s1. The number of likely N-dealkylation sites (tertiary alicyclic amines) is 1. The van der Waals surface area contributed by atoms with Crippen LogP contribution in [-0.4, -0.2) is 65.5 Å². The quantitative estimate of drug-likeness (QED) is 0.195. The minimum atomic E-state index is -4.41. The SMILES string of the molecule is CC(=O)c1nn(CC(=O)N2[C@H](C(=O)Nc3nc(Br)ccc3C)C[C@@]3(C)C[C@@H]23)c2cc(OCP(=O)(O)O)ccc12. The number of piperidine rings is 1. The van der Waals surface area contributed by atoms with E-state index in [-0.39, 0.29) is 47.0 Å². The molecule has 1 saturated carbocycles. The van der Waals surface area contributed by atoms with Crippen LogP contribution in [0.15, 0.2) is 34.9 Å². The zero-order chi connectivity index (χ0) is 28.3. The van der Waals surface area contributed by atoms with Gasteiger partial charge in [0, 0.05) is 24.4 Å². The molecule has 0 unspecified atom stereocenters. The predicted octanol–water partition coefficient (Wildman–Crippen LogP) is 3.24. The lowest BCUT2D eigenvalue weighted by Gasteiger charge is -2.27. The Hall–Kier alpha value is -3.12. The molecule has 0 radical (unpaired) electrons. The number of ether oxygens (including phenoxy) is 1. The van der Waals surface area contributed by atoms with Crippen molar-refractivity contribution in [3.63, 3.8) is 0 Å². The molecule has 3 atom stereocenters. The zero-order valence-corrected chi connectivity index (χ0v) is 23.9. The molecule has 1 saturated heterocycles. The summed E-state index contributed by atoms with van der Waals surface area (Å²) in [7, 11) is -4.41. The van der Waals surface area contributed by atoms with E-state index >= 15 is 0 Å². The molecular formula is C25H27BrN5O7P. The number of carbonyl (C=O) groups excluding carboxylic acids is 3. The third-order valence-corrected chi connectivity index (χ3v) is 8.18. The first-order valence-electron chi connectivity index (χ1n) is 12.2. The number of amides is 2. The van der Waals surface area contributed by atoms with Crippen molar-refractivity contribution in [3.05, 3.63) is 46.2 Å². The highest BCUT2D eigenvalue weighted by Crippen LogP contribution is 2.59. The minimum absolute atomic E-state index is 0.0893. The zero-order valence-electron chi connectivity index (χ0n) is 21.4. The fourth-order valence-electron chi connectivity index (χ4n) is 5.18. The Morgan fingerprint density at radius 2 is 1.97 bits per heavy atom. The highest BCUT2D eigenvalue weighted by molar-refractivity contribution is 9.10. The molecule has 5 rings (SSSR count). The van der Waals surface area contributed by atoms with Gasteiger partial charge in [0.05, 0.1) is 5.52 Å². The normalized spacial score (nSPS) is 22.1. The summed E-state index contributed by atoms with van der Waals surface area (Å²) < 4.78 is 18.4. The average Bonchev–Trinajstić information content (AvgIpc) is 3.22. The summed E-state index contributed by atoms with van der Waals surface area (Å²) in [6.07, 6.45) is 0.485. The Labute approximate surface area is 232 Å². The summed E-state index contributed by atoms with van der Waals surface area (Å²) in [5.74, 6) is -0.394. The van der Waals surface area contributed by atoms with Crippen molar-refractivity contribution in [2.45, 2.75) is 52.2 Å². The summed E-state index contributed by atoms with van der Waals surface area (Å²) >= 11 is 3.32. The maximum absolute atomic E-state index is 13.7. The van der Waals surface area contributed by atoms with Crippen LogP contribution in [0.3, 0.4) is 0 Å². The lowest BCUT2D eigenvalue weighted by Crippen LogP contribution is -2.47. The third kappa shape index (κ3) is 5.49. The Morgan fingerprint density at radius 1 is 1.23 bits per heavy atom. The largest absolute Gasteiger partial charge is 0.481 e. The third-order valence-electron chi connectivity index (χ3n) is 7.27. The average molecular weight is 620 g/mol. The van der Waals surface area contributed by atoms with Crippen LogP contribution in [0, 0.1) is 12.3 Å². The van der Waals surface area contributed by atoms with Gasteiger partial charge < -0.3 is 24.7 Å². The number of hydrogen-bond donors (Lipinski definition) is 3. The van der Waals surface area contributed by atoms with Crippen molar-refractivity contribution in [2.24, 2.45) is 5.41 Å². The molecule has 3 N–H and O–H groups in total. The molecule has 2 aliphatic rings. The molecule has 2 fully saturated rings. The fraction of sp³-hybridized carbons (Fsp3) is 0.400. The molecule has 0 bridgehead atoms. The highest BCUT2D eigenvalue weighted by atomic mass is 79.9. The number of nitrogens with zero attached hydrogens (tertiary/aromatic N) is 4. The molecule has 12 nitrogen and oxygen atoms in total.